The molecule has 2 aromatic carbocycles. The maximum absolute atomic E-state index is 6.15. The number of para-hydroxylation sites is 2. The number of pyridine rings is 1. The van der Waals surface area contributed by atoms with Crippen molar-refractivity contribution in [1.29, 1.82) is 0 Å². The molecule has 0 amide bonds. The Hall–Kier alpha value is -2.81. The Morgan fingerprint density at radius 3 is 2.13 bits per heavy atom. The highest BCUT2D eigenvalue weighted by Gasteiger charge is 2.21. The van der Waals surface area contributed by atoms with Crippen LogP contribution in [0.25, 0.3) is 44.0 Å². The van der Waals surface area contributed by atoms with Gasteiger partial charge < -0.3 is 8.83 Å². The largest absolute Gasteiger partial charge is 0.452 e. The number of hydrogen-bond acceptors (Lipinski definition) is 3. The summed E-state index contributed by atoms with van der Waals surface area (Å²) in [6, 6.07) is 16.1. The standard InChI is InChI=1S/C20H15NO2/c1-11(2)17-16-12-7-3-5-9-14(12)22-19(16)20-18(21-17)13-8-4-6-10-15(13)23-20/h3-11H,1-2H3. The van der Waals surface area contributed by atoms with Gasteiger partial charge in [-0.15, -0.1) is 0 Å². The second-order valence-corrected chi connectivity index (χ2v) is 6.23. The molecule has 0 bridgehead atoms. The van der Waals surface area contributed by atoms with Gasteiger partial charge in [0.05, 0.1) is 11.1 Å². The quantitative estimate of drug-likeness (QED) is 0.381. The normalized spacial score (nSPS) is 12.3. The van der Waals surface area contributed by atoms with E-state index < -0.39 is 0 Å². The van der Waals surface area contributed by atoms with Crippen molar-refractivity contribution < 1.29 is 8.83 Å². The molecule has 0 aliphatic rings. The maximum Gasteiger partial charge on any atom is 0.197 e. The molecule has 23 heavy (non-hydrogen) atoms. The Balaban J connectivity index is 2.11. The van der Waals surface area contributed by atoms with E-state index in [1.54, 1.807) is 0 Å². The highest BCUT2D eigenvalue weighted by molar-refractivity contribution is 6.18. The summed E-state index contributed by atoms with van der Waals surface area (Å²) in [6.45, 7) is 4.33. The van der Waals surface area contributed by atoms with Crippen LogP contribution in [0.1, 0.15) is 25.5 Å². The first-order valence-corrected chi connectivity index (χ1v) is 7.86. The molecule has 0 unspecified atom stereocenters. The van der Waals surface area contributed by atoms with Crippen LogP contribution in [0.3, 0.4) is 0 Å². The van der Waals surface area contributed by atoms with Gasteiger partial charge in [-0.3, -0.25) is 0 Å². The van der Waals surface area contributed by atoms with Gasteiger partial charge in [0.25, 0.3) is 0 Å². The first kappa shape index (κ1) is 12.7. The summed E-state index contributed by atoms with van der Waals surface area (Å²) in [5, 5.41) is 3.20. The van der Waals surface area contributed by atoms with E-state index >= 15 is 0 Å². The zero-order valence-electron chi connectivity index (χ0n) is 13.0. The van der Waals surface area contributed by atoms with Crippen LogP contribution in [0, 0.1) is 0 Å². The van der Waals surface area contributed by atoms with Gasteiger partial charge in [0.2, 0.25) is 0 Å². The fourth-order valence-electron chi connectivity index (χ4n) is 3.35. The van der Waals surface area contributed by atoms with Crippen molar-refractivity contribution in [3.05, 3.63) is 54.2 Å². The van der Waals surface area contributed by atoms with Crippen LogP contribution in [0.15, 0.2) is 57.4 Å². The lowest BCUT2D eigenvalue weighted by molar-refractivity contribution is 0.631. The van der Waals surface area contributed by atoms with Gasteiger partial charge >= 0.3 is 0 Å². The van der Waals surface area contributed by atoms with E-state index in [9.17, 15) is 0 Å². The van der Waals surface area contributed by atoms with Crippen molar-refractivity contribution in [2.24, 2.45) is 0 Å². The molecule has 0 saturated heterocycles. The molecule has 5 aromatic rings. The number of hydrogen-bond donors (Lipinski definition) is 0. The Labute approximate surface area is 132 Å². The predicted octanol–water partition coefficient (Wildman–Crippen LogP) is 6.00. The third kappa shape index (κ3) is 1.62. The highest BCUT2D eigenvalue weighted by Crippen LogP contribution is 2.40. The van der Waals surface area contributed by atoms with Crippen molar-refractivity contribution in [3.63, 3.8) is 0 Å². The average Bonchev–Trinajstić information content (AvgIpc) is 3.12. The molecule has 0 fully saturated rings. The van der Waals surface area contributed by atoms with Gasteiger partial charge in [0.1, 0.15) is 16.7 Å². The van der Waals surface area contributed by atoms with E-state index in [1.807, 2.05) is 42.5 Å². The number of nitrogens with zero attached hydrogens (tertiary/aromatic N) is 1. The lowest BCUT2D eigenvalue weighted by Crippen LogP contribution is -1.93. The van der Waals surface area contributed by atoms with E-state index in [1.165, 1.54) is 0 Å². The number of fused-ring (bicyclic) bond motifs is 7. The van der Waals surface area contributed by atoms with E-state index in [2.05, 4.69) is 19.9 Å². The van der Waals surface area contributed by atoms with Crippen molar-refractivity contribution >= 4 is 44.0 Å². The van der Waals surface area contributed by atoms with Crippen LogP contribution in [-0.2, 0) is 0 Å². The molecule has 0 atom stereocenters. The first-order chi connectivity index (χ1) is 11.2. The van der Waals surface area contributed by atoms with Crippen molar-refractivity contribution in [2.75, 3.05) is 0 Å². The minimum Gasteiger partial charge on any atom is -0.452 e. The van der Waals surface area contributed by atoms with Crippen molar-refractivity contribution in [1.82, 2.24) is 4.98 Å². The van der Waals surface area contributed by atoms with Crippen molar-refractivity contribution in [2.45, 2.75) is 19.8 Å². The predicted molar refractivity (Wildman–Crippen MR) is 92.9 cm³/mol. The van der Waals surface area contributed by atoms with Gasteiger partial charge in [-0.1, -0.05) is 44.2 Å². The molecule has 5 rings (SSSR count). The lowest BCUT2D eigenvalue weighted by Gasteiger charge is -2.06. The number of furan rings is 2. The smallest absolute Gasteiger partial charge is 0.197 e. The second kappa shape index (κ2) is 4.35. The monoisotopic (exact) mass is 301 g/mol. The van der Waals surface area contributed by atoms with E-state index in [0.29, 0.717) is 5.92 Å². The summed E-state index contributed by atoms with van der Waals surface area (Å²) in [6.07, 6.45) is 0. The van der Waals surface area contributed by atoms with Crippen LogP contribution in [0.5, 0.6) is 0 Å². The van der Waals surface area contributed by atoms with Gasteiger partial charge in [-0.2, -0.15) is 0 Å². The lowest BCUT2D eigenvalue weighted by atomic mass is 10.0. The molecule has 3 nitrogen and oxygen atoms in total. The van der Waals surface area contributed by atoms with Gasteiger partial charge in [-0.05, 0) is 24.1 Å². The Bertz CT molecular complexity index is 1190. The third-order valence-electron chi connectivity index (χ3n) is 4.41. The first-order valence-electron chi connectivity index (χ1n) is 7.86. The molecule has 0 N–H and O–H groups in total. The summed E-state index contributed by atoms with van der Waals surface area (Å²) in [7, 11) is 0. The summed E-state index contributed by atoms with van der Waals surface area (Å²) < 4.78 is 12.2. The maximum atomic E-state index is 6.15. The van der Waals surface area contributed by atoms with E-state index in [0.717, 1.165) is 49.7 Å². The number of benzene rings is 2. The summed E-state index contributed by atoms with van der Waals surface area (Å²) in [5.74, 6) is 0.302. The molecular formula is C20H15NO2. The fraction of sp³-hybridized carbons (Fsp3) is 0.150. The molecule has 3 aromatic heterocycles. The van der Waals surface area contributed by atoms with Crippen LogP contribution in [0.2, 0.25) is 0 Å². The zero-order chi connectivity index (χ0) is 15.6. The van der Waals surface area contributed by atoms with Crippen LogP contribution >= 0.6 is 0 Å². The minimum atomic E-state index is 0.302. The Kier molecular flexibility index (Phi) is 2.41. The fourth-order valence-corrected chi connectivity index (χ4v) is 3.35. The van der Waals surface area contributed by atoms with Gasteiger partial charge in [-0.25, -0.2) is 4.98 Å². The molecule has 0 saturated carbocycles. The van der Waals surface area contributed by atoms with Crippen molar-refractivity contribution in [3.8, 4) is 0 Å². The highest BCUT2D eigenvalue weighted by atomic mass is 16.4. The molecule has 0 spiro atoms. The second-order valence-electron chi connectivity index (χ2n) is 6.23. The Morgan fingerprint density at radius 2 is 1.39 bits per heavy atom. The number of rotatable bonds is 1. The zero-order valence-corrected chi connectivity index (χ0v) is 13.0. The van der Waals surface area contributed by atoms with Gasteiger partial charge in [0.15, 0.2) is 11.2 Å². The minimum absolute atomic E-state index is 0.302. The van der Waals surface area contributed by atoms with E-state index in [4.69, 9.17) is 13.8 Å². The van der Waals surface area contributed by atoms with Crippen LogP contribution in [0.4, 0.5) is 0 Å². The molecule has 112 valence electrons. The molecule has 0 aliphatic carbocycles. The molecule has 3 heterocycles. The summed E-state index contributed by atoms with van der Waals surface area (Å²) in [4.78, 5) is 4.96. The summed E-state index contributed by atoms with van der Waals surface area (Å²) in [5.41, 5.74) is 5.20. The van der Waals surface area contributed by atoms with Crippen LogP contribution in [-0.4, -0.2) is 4.98 Å². The average molecular weight is 301 g/mol. The molecule has 0 aliphatic heterocycles. The SMILES string of the molecule is CC(C)c1nc2c3ccccc3oc2c2oc3ccccc3c12. The summed E-state index contributed by atoms with van der Waals surface area (Å²) >= 11 is 0. The third-order valence-corrected chi connectivity index (χ3v) is 4.41. The number of aromatic nitrogens is 1. The molecule has 3 heteroatoms. The van der Waals surface area contributed by atoms with Crippen LogP contribution < -0.4 is 0 Å². The topological polar surface area (TPSA) is 39.2 Å². The molecule has 0 radical (unpaired) electrons. The Morgan fingerprint density at radius 1 is 0.783 bits per heavy atom. The van der Waals surface area contributed by atoms with Gasteiger partial charge in [0, 0.05) is 10.8 Å². The molecular weight excluding hydrogens is 286 g/mol. The van der Waals surface area contributed by atoms with E-state index in [-0.39, 0.29) is 0 Å².